The third-order valence-corrected chi connectivity index (χ3v) is 4.20. The van der Waals surface area contributed by atoms with E-state index in [1.54, 1.807) is 4.90 Å². The fraction of sp³-hybridized carbons (Fsp3) is 0.933. The Hall–Kier alpha value is -0.870. The van der Waals surface area contributed by atoms with E-state index in [1.165, 1.54) is 0 Å². The Labute approximate surface area is 120 Å². The van der Waals surface area contributed by atoms with E-state index >= 15 is 0 Å². The molecule has 0 aromatic carbocycles. The topological polar surface area (TPSA) is 29.5 Å². The van der Waals surface area contributed by atoms with Crippen LogP contribution in [-0.2, 0) is 4.74 Å². The number of hydrogen-bond donors (Lipinski definition) is 0. The van der Waals surface area contributed by atoms with Gasteiger partial charge < -0.3 is 9.64 Å². The number of nitrogens with zero attached hydrogens (tertiary/aromatic N) is 1. The molecule has 0 N–H and O–H groups in total. The number of likely N-dealkylation sites (tertiary alicyclic amines) is 1. The molecule has 0 aromatic heterocycles. The number of ether oxygens (including phenoxy) is 1. The molecule has 0 radical (unpaired) electrons. The Morgan fingerprint density at radius 1 is 1.25 bits per heavy atom. The maximum absolute atomic E-state index is 12.8. The van der Waals surface area contributed by atoms with Crippen molar-refractivity contribution in [3.63, 3.8) is 0 Å². The molecule has 1 amide bonds. The van der Waals surface area contributed by atoms with Gasteiger partial charge in [0, 0.05) is 19.5 Å². The van der Waals surface area contributed by atoms with E-state index in [9.17, 15) is 13.6 Å². The van der Waals surface area contributed by atoms with Crippen molar-refractivity contribution < 1.29 is 18.3 Å². The fourth-order valence-electron chi connectivity index (χ4n) is 2.79. The summed E-state index contributed by atoms with van der Waals surface area (Å²) in [6.45, 7) is 10.5. The SMILES string of the molecule is CC(C)C1(CC(F)F)CCN(C(=O)OC(C)(C)C)CC1. The number of carbonyl (C=O) groups is 1. The first kappa shape index (κ1) is 17.2. The predicted molar refractivity (Wildman–Crippen MR) is 74.9 cm³/mol. The van der Waals surface area contributed by atoms with E-state index in [0.29, 0.717) is 25.9 Å². The first-order valence-electron chi connectivity index (χ1n) is 7.32. The van der Waals surface area contributed by atoms with Crippen molar-refractivity contribution in [3.05, 3.63) is 0 Å². The molecule has 0 spiro atoms. The van der Waals surface area contributed by atoms with Gasteiger partial charge >= 0.3 is 6.09 Å². The van der Waals surface area contributed by atoms with Gasteiger partial charge in [-0.25, -0.2) is 13.6 Å². The van der Waals surface area contributed by atoms with Crippen LogP contribution in [-0.4, -0.2) is 36.1 Å². The number of carbonyl (C=O) groups excluding carboxylic acids is 1. The normalized spacial score (nSPS) is 19.6. The summed E-state index contributed by atoms with van der Waals surface area (Å²) in [6, 6.07) is 0. The third-order valence-electron chi connectivity index (χ3n) is 4.20. The number of amides is 1. The van der Waals surface area contributed by atoms with Crippen LogP contribution in [0, 0.1) is 11.3 Å². The van der Waals surface area contributed by atoms with Crippen LogP contribution in [0.4, 0.5) is 13.6 Å². The fourth-order valence-corrected chi connectivity index (χ4v) is 2.79. The van der Waals surface area contributed by atoms with Gasteiger partial charge in [-0.1, -0.05) is 13.8 Å². The molecule has 20 heavy (non-hydrogen) atoms. The van der Waals surface area contributed by atoms with Gasteiger partial charge in [-0.05, 0) is 44.9 Å². The van der Waals surface area contributed by atoms with Gasteiger partial charge in [0.15, 0.2) is 0 Å². The van der Waals surface area contributed by atoms with E-state index in [-0.39, 0.29) is 23.8 Å². The molecular formula is C15H27F2NO2. The standard InChI is InChI=1S/C15H27F2NO2/c1-11(2)15(10-12(16)17)6-8-18(9-7-15)13(19)20-14(3,4)5/h11-12H,6-10H2,1-5H3. The maximum Gasteiger partial charge on any atom is 0.410 e. The van der Waals surface area contributed by atoms with Crippen LogP contribution >= 0.6 is 0 Å². The highest BCUT2D eigenvalue weighted by atomic mass is 19.3. The van der Waals surface area contributed by atoms with Crippen LogP contribution in [0.1, 0.15) is 53.9 Å². The second-order valence-corrected chi connectivity index (χ2v) is 7.08. The molecule has 1 aliphatic heterocycles. The largest absolute Gasteiger partial charge is 0.444 e. The lowest BCUT2D eigenvalue weighted by Crippen LogP contribution is -2.47. The lowest BCUT2D eigenvalue weighted by Gasteiger charge is -2.44. The molecule has 1 fully saturated rings. The molecule has 1 heterocycles. The number of halogens is 2. The van der Waals surface area contributed by atoms with Crippen molar-refractivity contribution in [2.45, 2.75) is 65.9 Å². The molecule has 0 saturated carbocycles. The summed E-state index contributed by atoms with van der Waals surface area (Å²) in [7, 11) is 0. The summed E-state index contributed by atoms with van der Waals surface area (Å²) in [6.07, 6.45) is -1.47. The van der Waals surface area contributed by atoms with Crippen molar-refractivity contribution in [1.82, 2.24) is 4.90 Å². The number of piperidine rings is 1. The molecule has 5 heteroatoms. The zero-order chi connectivity index (χ0) is 15.6. The van der Waals surface area contributed by atoms with Crippen LogP contribution < -0.4 is 0 Å². The van der Waals surface area contributed by atoms with Crippen LogP contribution in [0.3, 0.4) is 0 Å². The van der Waals surface area contributed by atoms with Crippen LogP contribution in [0.25, 0.3) is 0 Å². The molecular weight excluding hydrogens is 264 g/mol. The van der Waals surface area contributed by atoms with E-state index in [2.05, 4.69) is 0 Å². The lowest BCUT2D eigenvalue weighted by atomic mass is 9.68. The van der Waals surface area contributed by atoms with Gasteiger partial charge in [-0.2, -0.15) is 0 Å². The van der Waals surface area contributed by atoms with E-state index in [4.69, 9.17) is 4.74 Å². The van der Waals surface area contributed by atoms with Crippen molar-refractivity contribution in [1.29, 1.82) is 0 Å². The van der Waals surface area contributed by atoms with Crippen molar-refractivity contribution in [2.24, 2.45) is 11.3 Å². The maximum atomic E-state index is 12.8. The van der Waals surface area contributed by atoms with Gasteiger partial charge in [0.1, 0.15) is 5.60 Å². The minimum Gasteiger partial charge on any atom is -0.444 e. The zero-order valence-corrected chi connectivity index (χ0v) is 13.2. The predicted octanol–water partition coefficient (Wildman–Crippen LogP) is 4.31. The molecule has 1 saturated heterocycles. The first-order chi connectivity index (χ1) is 9.06. The summed E-state index contributed by atoms with van der Waals surface area (Å²) < 4.78 is 30.9. The van der Waals surface area contributed by atoms with Crippen molar-refractivity contribution >= 4 is 6.09 Å². The van der Waals surface area contributed by atoms with Crippen LogP contribution in [0.2, 0.25) is 0 Å². The molecule has 0 aromatic rings. The highest BCUT2D eigenvalue weighted by Crippen LogP contribution is 2.43. The summed E-state index contributed by atoms with van der Waals surface area (Å²) in [5, 5.41) is 0. The van der Waals surface area contributed by atoms with Crippen molar-refractivity contribution in [2.75, 3.05) is 13.1 Å². The van der Waals surface area contributed by atoms with E-state index < -0.39 is 12.0 Å². The zero-order valence-electron chi connectivity index (χ0n) is 13.2. The van der Waals surface area contributed by atoms with E-state index in [0.717, 1.165) is 0 Å². The monoisotopic (exact) mass is 291 g/mol. The molecule has 1 rings (SSSR count). The van der Waals surface area contributed by atoms with E-state index in [1.807, 2.05) is 34.6 Å². The molecule has 0 aliphatic carbocycles. The molecule has 0 unspecified atom stereocenters. The smallest absolute Gasteiger partial charge is 0.410 e. The average molecular weight is 291 g/mol. The second kappa shape index (κ2) is 6.27. The minimum atomic E-state index is -2.29. The second-order valence-electron chi connectivity index (χ2n) is 7.08. The third kappa shape index (κ3) is 4.60. The van der Waals surface area contributed by atoms with Crippen molar-refractivity contribution in [3.8, 4) is 0 Å². The first-order valence-corrected chi connectivity index (χ1v) is 7.32. The Morgan fingerprint density at radius 2 is 1.75 bits per heavy atom. The molecule has 0 bridgehead atoms. The number of hydrogen-bond acceptors (Lipinski definition) is 2. The molecule has 118 valence electrons. The Bertz CT molecular complexity index is 329. The summed E-state index contributed by atoms with van der Waals surface area (Å²) >= 11 is 0. The molecule has 1 aliphatic rings. The summed E-state index contributed by atoms with van der Waals surface area (Å²) in [5.41, 5.74) is -0.876. The Kier molecular flexibility index (Phi) is 5.39. The quantitative estimate of drug-likeness (QED) is 0.775. The number of rotatable bonds is 3. The Morgan fingerprint density at radius 3 is 2.10 bits per heavy atom. The minimum absolute atomic E-state index is 0.0766. The Balaban J connectivity index is 2.63. The van der Waals surface area contributed by atoms with Gasteiger partial charge in [-0.3, -0.25) is 0 Å². The van der Waals surface area contributed by atoms with Gasteiger partial charge in [0.2, 0.25) is 6.43 Å². The van der Waals surface area contributed by atoms with Gasteiger partial charge in [0.05, 0.1) is 0 Å². The average Bonchev–Trinajstić information content (AvgIpc) is 2.26. The lowest BCUT2D eigenvalue weighted by molar-refractivity contribution is -0.0193. The van der Waals surface area contributed by atoms with Crippen LogP contribution in [0.15, 0.2) is 0 Å². The summed E-state index contributed by atoms with van der Waals surface area (Å²) in [4.78, 5) is 13.6. The highest BCUT2D eigenvalue weighted by molar-refractivity contribution is 5.68. The summed E-state index contributed by atoms with van der Waals surface area (Å²) in [5.74, 6) is 0.192. The number of alkyl halides is 2. The highest BCUT2D eigenvalue weighted by Gasteiger charge is 2.41. The van der Waals surface area contributed by atoms with Gasteiger partial charge in [-0.15, -0.1) is 0 Å². The van der Waals surface area contributed by atoms with Gasteiger partial charge in [0.25, 0.3) is 0 Å². The molecule has 0 atom stereocenters. The molecule has 3 nitrogen and oxygen atoms in total. The van der Waals surface area contributed by atoms with Crippen LogP contribution in [0.5, 0.6) is 0 Å².